The van der Waals surface area contributed by atoms with Crippen molar-refractivity contribution in [2.75, 3.05) is 34.5 Å². The van der Waals surface area contributed by atoms with Crippen LogP contribution in [0.5, 0.6) is 17.2 Å². The van der Waals surface area contributed by atoms with Crippen LogP contribution in [-0.4, -0.2) is 52.5 Å². The Balaban J connectivity index is 1.73. The zero-order valence-corrected chi connectivity index (χ0v) is 23.5. The highest BCUT2D eigenvalue weighted by molar-refractivity contribution is 5.97. The molecule has 0 saturated carbocycles. The van der Waals surface area contributed by atoms with Crippen LogP contribution in [0.15, 0.2) is 42.5 Å². The van der Waals surface area contributed by atoms with E-state index in [1.165, 1.54) is 7.11 Å². The number of esters is 1. The van der Waals surface area contributed by atoms with Crippen LogP contribution >= 0.6 is 0 Å². The van der Waals surface area contributed by atoms with E-state index in [-0.39, 0.29) is 6.42 Å². The van der Waals surface area contributed by atoms with E-state index >= 15 is 0 Å². The number of hydrogen-bond acceptors (Lipinski definition) is 7. The summed E-state index contributed by atoms with van der Waals surface area (Å²) >= 11 is 0. The molecule has 0 aromatic heterocycles. The maximum atomic E-state index is 14.2. The Morgan fingerprint density at radius 1 is 1.02 bits per heavy atom. The first-order valence-corrected chi connectivity index (χ1v) is 13.3. The summed E-state index contributed by atoms with van der Waals surface area (Å²) in [6, 6.07) is 9.36. The van der Waals surface area contributed by atoms with E-state index in [1.54, 1.807) is 14.2 Å². The first-order chi connectivity index (χ1) is 19.8. The molecule has 0 fully saturated rings. The zero-order chi connectivity index (χ0) is 29.5. The van der Waals surface area contributed by atoms with E-state index in [4.69, 9.17) is 23.7 Å². The van der Waals surface area contributed by atoms with Crippen molar-refractivity contribution in [3.63, 3.8) is 0 Å². The molecule has 0 aliphatic carbocycles. The Hall–Kier alpha value is -4.18. The van der Waals surface area contributed by atoms with Crippen molar-refractivity contribution in [3.8, 4) is 28.4 Å². The number of benzene rings is 3. The second-order valence-corrected chi connectivity index (χ2v) is 9.39. The van der Waals surface area contributed by atoms with Crippen molar-refractivity contribution in [2.24, 2.45) is 0 Å². The number of carbonyl (C=O) groups is 2. The van der Waals surface area contributed by atoms with Gasteiger partial charge in [-0.3, -0.25) is 4.79 Å². The van der Waals surface area contributed by atoms with E-state index in [1.807, 2.05) is 31.2 Å². The van der Waals surface area contributed by atoms with E-state index in [0.29, 0.717) is 49.1 Å². The topological polar surface area (TPSA) is 92.3 Å². The minimum Gasteiger partial charge on any atom is -0.496 e. The number of methoxy groups -OCH3 is 3. The average Bonchev–Trinajstić information content (AvgIpc) is 2.98. The molecule has 10 heteroatoms. The minimum absolute atomic E-state index is 0.0159. The van der Waals surface area contributed by atoms with E-state index in [0.717, 1.165) is 46.9 Å². The highest BCUT2D eigenvalue weighted by Crippen LogP contribution is 2.47. The number of ether oxygens (including phenoxy) is 5. The molecular formula is C31H33F2NO7. The molecule has 1 N–H and O–H groups in total. The summed E-state index contributed by atoms with van der Waals surface area (Å²) in [6.07, 6.45) is 1.40. The Bertz CT molecular complexity index is 1380. The number of rotatable bonds is 11. The quantitative estimate of drug-likeness (QED) is 0.324. The molecule has 4 rings (SSSR count). The van der Waals surface area contributed by atoms with Gasteiger partial charge in [0.25, 0.3) is 5.91 Å². The lowest BCUT2D eigenvalue weighted by atomic mass is 9.89. The van der Waals surface area contributed by atoms with Gasteiger partial charge < -0.3 is 29.0 Å². The number of fused-ring (bicyclic) bond motifs is 1. The fraction of sp³-hybridized carbons (Fsp3) is 0.355. The summed E-state index contributed by atoms with van der Waals surface area (Å²) in [5.74, 6) is -2.10. The van der Waals surface area contributed by atoms with Gasteiger partial charge in [-0.1, -0.05) is 18.2 Å². The lowest BCUT2D eigenvalue weighted by Gasteiger charge is -2.26. The molecule has 1 atom stereocenters. The molecule has 8 nitrogen and oxygen atoms in total. The van der Waals surface area contributed by atoms with Gasteiger partial charge in [0.1, 0.15) is 40.5 Å². The maximum absolute atomic E-state index is 14.2. The summed E-state index contributed by atoms with van der Waals surface area (Å²) < 4.78 is 56.6. The van der Waals surface area contributed by atoms with E-state index in [9.17, 15) is 18.4 Å². The molecule has 3 aromatic rings. The lowest BCUT2D eigenvalue weighted by Crippen LogP contribution is -2.43. The number of hydrogen-bond donors (Lipinski definition) is 1. The van der Waals surface area contributed by atoms with Crippen LogP contribution in [0, 0.1) is 11.6 Å². The van der Waals surface area contributed by atoms with Crippen LogP contribution in [0.25, 0.3) is 11.1 Å². The van der Waals surface area contributed by atoms with Crippen LogP contribution in [0.2, 0.25) is 0 Å². The maximum Gasteiger partial charge on any atom is 0.328 e. The summed E-state index contributed by atoms with van der Waals surface area (Å²) in [4.78, 5) is 25.5. The van der Waals surface area contributed by atoms with Crippen molar-refractivity contribution in [1.29, 1.82) is 0 Å². The van der Waals surface area contributed by atoms with Crippen molar-refractivity contribution >= 4 is 11.9 Å². The Morgan fingerprint density at radius 3 is 2.32 bits per heavy atom. The Morgan fingerprint density at radius 2 is 1.71 bits per heavy atom. The summed E-state index contributed by atoms with van der Waals surface area (Å²) in [5, 5.41) is 2.44. The SMILES string of the molecule is CCOCc1cc(OC)c(-c2ccc(C[C@H](NC(=O)c3c(F)cccc3F)C(=O)OC)c3c2OCCC3)c(OC)c1. The lowest BCUT2D eigenvalue weighted by molar-refractivity contribution is -0.142. The molecular weight excluding hydrogens is 536 g/mol. The first-order valence-electron chi connectivity index (χ1n) is 13.3. The van der Waals surface area contributed by atoms with Gasteiger partial charge >= 0.3 is 5.97 Å². The standard InChI is InChI=1S/C31H33F2NO7/c1-5-40-17-18-14-25(37-2)27(26(15-18)38-3)21-12-11-19(20-8-7-13-41-29(20)21)16-24(31(36)39-4)34-30(35)28-22(32)9-6-10-23(28)33/h6,9-12,14-15,24H,5,7-8,13,16-17H2,1-4H3,(H,34,35)/t24-/m0/s1. The predicted octanol–water partition coefficient (Wildman–Crippen LogP) is 5.02. The summed E-state index contributed by atoms with van der Waals surface area (Å²) in [7, 11) is 4.33. The monoisotopic (exact) mass is 569 g/mol. The third kappa shape index (κ3) is 6.43. The van der Waals surface area contributed by atoms with Crippen LogP contribution in [0.4, 0.5) is 8.78 Å². The molecule has 41 heavy (non-hydrogen) atoms. The second-order valence-electron chi connectivity index (χ2n) is 9.39. The number of nitrogens with one attached hydrogen (secondary N) is 1. The van der Waals surface area contributed by atoms with Gasteiger partial charge in [-0.2, -0.15) is 0 Å². The highest BCUT2D eigenvalue weighted by atomic mass is 19.1. The smallest absolute Gasteiger partial charge is 0.328 e. The highest BCUT2D eigenvalue weighted by Gasteiger charge is 2.29. The van der Waals surface area contributed by atoms with Crippen molar-refractivity contribution in [1.82, 2.24) is 5.32 Å². The molecule has 1 heterocycles. The van der Waals surface area contributed by atoms with Crippen LogP contribution in [0.1, 0.15) is 40.4 Å². The van der Waals surface area contributed by atoms with Gasteiger partial charge in [0.05, 0.1) is 40.1 Å². The molecule has 3 aromatic carbocycles. The minimum atomic E-state index is -1.20. The largest absolute Gasteiger partial charge is 0.496 e. The fourth-order valence-electron chi connectivity index (χ4n) is 4.95. The first kappa shape index (κ1) is 29.8. The molecule has 0 radical (unpaired) electrons. The van der Waals surface area contributed by atoms with Gasteiger partial charge in [-0.25, -0.2) is 13.6 Å². The van der Waals surface area contributed by atoms with Crippen molar-refractivity contribution in [3.05, 3.63) is 76.4 Å². The Kier molecular flexibility index (Phi) is 9.78. The molecule has 0 unspecified atom stereocenters. The summed E-state index contributed by atoms with van der Waals surface area (Å²) in [6.45, 7) is 3.37. The van der Waals surface area contributed by atoms with Crippen LogP contribution in [0.3, 0.4) is 0 Å². The molecule has 1 aliphatic heterocycles. The third-order valence-corrected chi connectivity index (χ3v) is 6.89. The van der Waals surface area contributed by atoms with Gasteiger partial charge in [-0.15, -0.1) is 0 Å². The fourth-order valence-corrected chi connectivity index (χ4v) is 4.95. The Labute approximate surface area is 237 Å². The third-order valence-electron chi connectivity index (χ3n) is 6.89. The summed E-state index contributed by atoms with van der Waals surface area (Å²) in [5.41, 5.74) is 3.13. The van der Waals surface area contributed by atoms with Gasteiger partial charge in [0, 0.05) is 18.6 Å². The number of halogens is 2. The number of amides is 1. The molecule has 218 valence electrons. The van der Waals surface area contributed by atoms with Crippen LogP contribution < -0.4 is 19.5 Å². The van der Waals surface area contributed by atoms with Gasteiger partial charge in [0.2, 0.25) is 0 Å². The average molecular weight is 570 g/mol. The van der Waals surface area contributed by atoms with Gasteiger partial charge in [0.15, 0.2) is 0 Å². The van der Waals surface area contributed by atoms with Crippen molar-refractivity contribution < 1.29 is 42.1 Å². The van der Waals surface area contributed by atoms with E-state index in [2.05, 4.69) is 5.32 Å². The predicted molar refractivity (Wildman–Crippen MR) is 147 cm³/mol. The van der Waals surface area contributed by atoms with Crippen LogP contribution in [-0.2, 0) is 33.7 Å². The normalized spacial score (nSPS) is 13.0. The molecule has 0 bridgehead atoms. The van der Waals surface area contributed by atoms with E-state index < -0.39 is 35.1 Å². The van der Waals surface area contributed by atoms with Gasteiger partial charge in [-0.05, 0) is 60.7 Å². The second kappa shape index (κ2) is 13.5. The molecule has 0 saturated heterocycles. The van der Waals surface area contributed by atoms with Crippen molar-refractivity contribution in [2.45, 2.75) is 38.8 Å². The molecule has 1 amide bonds. The zero-order valence-electron chi connectivity index (χ0n) is 23.5. The number of carbonyl (C=O) groups excluding carboxylic acids is 2. The molecule has 0 spiro atoms. The molecule has 1 aliphatic rings.